The van der Waals surface area contributed by atoms with Crippen molar-refractivity contribution in [3.05, 3.63) is 11.7 Å². The monoisotopic (exact) mass is 442 g/mol. The first kappa shape index (κ1) is 26.4. The fraction of sp³-hybridized carbons (Fsp3) is 0.762. The Morgan fingerprint density at radius 3 is 2.37 bits per heavy atom. The van der Waals surface area contributed by atoms with E-state index in [-0.39, 0.29) is 25.5 Å². The fourth-order valence-corrected chi connectivity index (χ4v) is 4.62. The molecule has 0 aliphatic heterocycles. The number of esters is 1. The van der Waals surface area contributed by atoms with Gasteiger partial charge in [-0.15, -0.1) is 12.3 Å². The van der Waals surface area contributed by atoms with Gasteiger partial charge in [0.25, 0.3) is 0 Å². The molecule has 1 aromatic heterocycles. The van der Waals surface area contributed by atoms with Crippen LogP contribution >= 0.6 is 7.60 Å². The van der Waals surface area contributed by atoms with Crippen molar-refractivity contribution in [1.82, 2.24) is 10.1 Å². The number of aryl methyl sites for hydroxylation is 1. The molecule has 1 rings (SSSR count). The zero-order valence-electron chi connectivity index (χ0n) is 18.8. The SMILES string of the molecule is C#CCCCCCCc1noc(CC(C(=O)OC(C)(C)C)P(=O)(OCC)OCC)n1. The Bertz CT molecular complexity index is 725. The zero-order valence-corrected chi connectivity index (χ0v) is 19.7. The first-order chi connectivity index (χ1) is 14.1. The van der Waals surface area contributed by atoms with Crippen molar-refractivity contribution in [2.24, 2.45) is 0 Å². The highest BCUT2D eigenvalue weighted by molar-refractivity contribution is 7.55. The molecule has 1 aromatic rings. The molecule has 8 nitrogen and oxygen atoms in total. The minimum Gasteiger partial charge on any atom is -0.459 e. The first-order valence-corrected chi connectivity index (χ1v) is 12.1. The van der Waals surface area contributed by atoms with Gasteiger partial charge < -0.3 is 18.3 Å². The number of carbonyl (C=O) groups is 1. The normalized spacial score (nSPS) is 13.1. The van der Waals surface area contributed by atoms with Crippen LogP contribution in [0.3, 0.4) is 0 Å². The van der Waals surface area contributed by atoms with Gasteiger partial charge in [-0.2, -0.15) is 4.98 Å². The Hall–Kier alpha value is -1.68. The number of aromatic nitrogens is 2. The van der Waals surface area contributed by atoms with E-state index in [1.165, 1.54) is 0 Å². The third-order valence-corrected chi connectivity index (χ3v) is 6.42. The molecule has 0 aliphatic carbocycles. The number of terminal acetylenes is 1. The van der Waals surface area contributed by atoms with Gasteiger partial charge in [0.1, 0.15) is 5.60 Å². The maximum Gasteiger partial charge on any atom is 0.345 e. The Balaban J connectivity index is 2.87. The average molecular weight is 442 g/mol. The number of carbonyl (C=O) groups excluding carboxylic acids is 1. The van der Waals surface area contributed by atoms with Gasteiger partial charge >= 0.3 is 13.6 Å². The summed E-state index contributed by atoms with van der Waals surface area (Å²) < 4.78 is 34.8. The number of nitrogens with zero attached hydrogens (tertiary/aromatic N) is 2. The highest BCUT2D eigenvalue weighted by Crippen LogP contribution is 2.54. The lowest BCUT2D eigenvalue weighted by molar-refractivity contribution is -0.154. The van der Waals surface area contributed by atoms with Crippen LogP contribution in [0.15, 0.2) is 4.52 Å². The Labute approximate surface area is 180 Å². The maximum atomic E-state index is 13.3. The molecule has 30 heavy (non-hydrogen) atoms. The summed E-state index contributed by atoms with van der Waals surface area (Å²) in [5, 5.41) is 3.97. The van der Waals surface area contributed by atoms with Crippen molar-refractivity contribution >= 4 is 13.6 Å². The average Bonchev–Trinajstić information content (AvgIpc) is 3.09. The Morgan fingerprint density at radius 2 is 1.80 bits per heavy atom. The number of rotatable bonds is 14. The minimum absolute atomic E-state index is 0.0820. The van der Waals surface area contributed by atoms with E-state index in [4.69, 9.17) is 24.7 Å². The molecular weight excluding hydrogens is 407 g/mol. The van der Waals surface area contributed by atoms with Gasteiger partial charge in [0, 0.05) is 12.8 Å². The lowest BCUT2D eigenvalue weighted by atomic mass is 10.1. The van der Waals surface area contributed by atoms with Crippen LogP contribution in [0.5, 0.6) is 0 Å². The van der Waals surface area contributed by atoms with Crippen LogP contribution in [-0.2, 0) is 36.0 Å². The summed E-state index contributed by atoms with van der Waals surface area (Å²) in [4.78, 5) is 17.2. The molecule has 0 radical (unpaired) electrons. The fourth-order valence-electron chi connectivity index (χ4n) is 2.77. The molecule has 9 heteroatoms. The predicted molar refractivity (Wildman–Crippen MR) is 114 cm³/mol. The lowest BCUT2D eigenvalue weighted by Gasteiger charge is -2.27. The summed E-state index contributed by atoms with van der Waals surface area (Å²) in [5.41, 5.74) is -1.94. The standard InChI is InChI=1S/C21H35N2O6P/c1-7-10-11-12-13-14-15-18-22-19(29-23-18)16-17(20(24)28-21(4,5)6)30(25,26-8-2)27-9-3/h1,17H,8-16H2,2-6H3. The second kappa shape index (κ2) is 12.9. The third-order valence-electron chi connectivity index (χ3n) is 4.03. The summed E-state index contributed by atoms with van der Waals surface area (Å²) >= 11 is 0. The van der Waals surface area contributed by atoms with Crippen LogP contribution < -0.4 is 0 Å². The van der Waals surface area contributed by atoms with Gasteiger partial charge in [-0.1, -0.05) is 18.0 Å². The molecular formula is C21H35N2O6P. The van der Waals surface area contributed by atoms with Crippen molar-refractivity contribution in [2.45, 2.75) is 90.8 Å². The molecule has 0 aliphatic rings. The van der Waals surface area contributed by atoms with Crippen LogP contribution in [0.4, 0.5) is 0 Å². The van der Waals surface area contributed by atoms with E-state index < -0.39 is 24.8 Å². The van der Waals surface area contributed by atoms with E-state index in [1.807, 2.05) is 0 Å². The van der Waals surface area contributed by atoms with Gasteiger partial charge in [0.05, 0.1) is 19.6 Å². The number of hydrogen-bond acceptors (Lipinski definition) is 8. The Kier molecular flexibility index (Phi) is 11.3. The van der Waals surface area contributed by atoms with E-state index in [9.17, 15) is 9.36 Å². The van der Waals surface area contributed by atoms with Crippen LogP contribution in [0, 0.1) is 12.3 Å². The summed E-state index contributed by atoms with van der Waals surface area (Å²) in [5.74, 6) is 2.70. The molecule has 0 amide bonds. The van der Waals surface area contributed by atoms with Gasteiger partial charge in [0.2, 0.25) is 5.89 Å². The van der Waals surface area contributed by atoms with Gasteiger partial charge in [0.15, 0.2) is 11.5 Å². The third kappa shape index (κ3) is 9.42. The van der Waals surface area contributed by atoms with Gasteiger partial charge in [-0.05, 0) is 47.5 Å². The van der Waals surface area contributed by atoms with Crippen molar-refractivity contribution in [3.8, 4) is 12.3 Å². The molecule has 0 fully saturated rings. The van der Waals surface area contributed by atoms with E-state index >= 15 is 0 Å². The van der Waals surface area contributed by atoms with Crippen LogP contribution in [0.25, 0.3) is 0 Å². The van der Waals surface area contributed by atoms with E-state index in [1.54, 1.807) is 34.6 Å². The highest BCUT2D eigenvalue weighted by Gasteiger charge is 2.44. The van der Waals surface area contributed by atoms with Crippen molar-refractivity contribution < 1.29 is 27.7 Å². The number of unbranched alkanes of at least 4 members (excludes halogenated alkanes) is 4. The molecule has 0 saturated heterocycles. The van der Waals surface area contributed by atoms with Crippen LogP contribution in [0.2, 0.25) is 0 Å². The molecule has 0 aromatic carbocycles. The Morgan fingerprint density at radius 1 is 1.17 bits per heavy atom. The molecule has 170 valence electrons. The van der Waals surface area contributed by atoms with Crippen molar-refractivity contribution in [1.29, 1.82) is 0 Å². The largest absolute Gasteiger partial charge is 0.459 e. The number of hydrogen-bond donors (Lipinski definition) is 0. The molecule has 0 N–H and O–H groups in total. The molecule has 1 unspecified atom stereocenters. The first-order valence-electron chi connectivity index (χ1n) is 10.5. The maximum absolute atomic E-state index is 13.3. The number of ether oxygens (including phenoxy) is 1. The molecule has 0 saturated carbocycles. The topological polar surface area (TPSA) is 101 Å². The second-order valence-corrected chi connectivity index (χ2v) is 10.1. The highest BCUT2D eigenvalue weighted by atomic mass is 31.2. The molecule has 0 spiro atoms. The van der Waals surface area contributed by atoms with Crippen molar-refractivity contribution in [2.75, 3.05) is 13.2 Å². The second-order valence-electron chi connectivity index (χ2n) is 7.85. The predicted octanol–water partition coefficient (Wildman–Crippen LogP) is 4.71. The van der Waals surface area contributed by atoms with E-state index in [2.05, 4.69) is 16.1 Å². The lowest BCUT2D eigenvalue weighted by Crippen LogP contribution is -2.34. The van der Waals surface area contributed by atoms with Crippen molar-refractivity contribution in [3.63, 3.8) is 0 Å². The van der Waals surface area contributed by atoms with Crippen LogP contribution in [-0.4, -0.2) is 40.6 Å². The molecule has 1 heterocycles. The summed E-state index contributed by atoms with van der Waals surface area (Å²) in [6, 6.07) is 0. The van der Waals surface area contributed by atoms with Gasteiger partial charge in [-0.3, -0.25) is 9.36 Å². The zero-order chi connectivity index (χ0) is 22.6. The summed E-state index contributed by atoms with van der Waals surface area (Å²) in [7, 11) is -3.78. The van der Waals surface area contributed by atoms with Gasteiger partial charge in [-0.25, -0.2) is 0 Å². The van der Waals surface area contributed by atoms with Crippen LogP contribution in [0.1, 0.15) is 78.4 Å². The smallest absolute Gasteiger partial charge is 0.345 e. The van der Waals surface area contributed by atoms with E-state index in [0.717, 1.165) is 32.1 Å². The minimum atomic E-state index is -3.78. The summed E-state index contributed by atoms with van der Waals surface area (Å²) in [6.45, 7) is 8.85. The van der Waals surface area contributed by atoms with E-state index in [0.29, 0.717) is 12.2 Å². The molecule has 1 atom stereocenters. The summed E-state index contributed by atoms with van der Waals surface area (Å²) in [6.07, 6.45) is 10.6. The quantitative estimate of drug-likeness (QED) is 0.177. The molecule has 0 bridgehead atoms.